The van der Waals surface area contributed by atoms with E-state index in [0.29, 0.717) is 5.41 Å². The fraction of sp³-hybridized carbons (Fsp3) is 1.00. The second kappa shape index (κ2) is 7.38. The first-order valence-electron chi connectivity index (χ1n) is 7.16. The molecule has 2 nitrogen and oxygen atoms in total. The fourth-order valence-electron chi connectivity index (χ4n) is 2.28. The molecule has 0 saturated heterocycles. The van der Waals surface area contributed by atoms with Gasteiger partial charge < -0.3 is 5.73 Å². The van der Waals surface area contributed by atoms with E-state index in [9.17, 15) is 0 Å². The van der Waals surface area contributed by atoms with Crippen molar-refractivity contribution in [2.24, 2.45) is 11.1 Å². The Morgan fingerprint density at radius 3 is 2.00 bits per heavy atom. The lowest BCUT2D eigenvalue weighted by atomic mass is 9.88. The number of nitrogens with zero attached hydrogens (tertiary/aromatic N) is 1. The van der Waals surface area contributed by atoms with Gasteiger partial charge >= 0.3 is 0 Å². The maximum Gasteiger partial charge on any atom is 0.0300 e. The third kappa shape index (κ3) is 7.05. The second-order valence-electron chi connectivity index (χ2n) is 6.93. The van der Waals surface area contributed by atoms with Gasteiger partial charge in [-0.05, 0) is 25.8 Å². The highest BCUT2D eigenvalue weighted by molar-refractivity contribution is 4.87. The highest BCUT2D eigenvalue weighted by Gasteiger charge is 2.29. The van der Waals surface area contributed by atoms with Crippen molar-refractivity contribution in [2.75, 3.05) is 20.1 Å². The Hall–Kier alpha value is -0.0800. The molecular weight excluding hydrogens is 208 g/mol. The van der Waals surface area contributed by atoms with Crippen LogP contribution in [0.5, 0.6) is 0 Å². The molecule has 0 bridgehead atoms. The standard InChI is InChI=1S/C15H34N2/c1-7-8-9-10-11-15(5,12-16)17(6)13-14(2,3)4/h7-13,16H2,1-6H3. The maximum atomic E-state index is 6.00. The van der Waals surface area contributed by atoms with Gasteiger partial charge in [-0.1, -0.05) is 53.4 Å². The first kappa shape index (κ1) is 16.9. The van der Waals surface area contributed by atoms with E-state index in [1.807, 2.05) is 0 Å². The second-order valence-corrected chi connectivity index (χ2v) is 6.93. The Morgan fingerprint density at radius 2 is 1.59 bits per heavy atom. The number of hydrogen-bond acceptors (Lipinski definition) is 2. The van der Waals surface area contributed by atoms with Crippen LogP contribution in [0.2, 0.25) is 0 Å². The maximum absolute atomic E-state index is 6.00. The van der Waals surface area contributed by atoms with Gasteiger partial charge in [0.1, 0.15) is 0 Å². The first-order chi connectivity index (χ1) is 7.75. The Balaban J connectivity index is 4.24. The zero-order valence-electron chi connectivity index (χ0n) is 13.0. The number of nitrogens with two attached hydrogens (primary N) is 1. The number of likely N-dealkylation sites (N-methyl/N-ethyl adjacent to an activating group) is 1. The van der Waals surface area contributed by atoms with E-state index in [-0.39, 0.29) is 5.54 Å². The van der Waals surface area contributed by atoms with Crippen LogP contribution < -0.4 is 5.73 Å². The normalized spacial score (nSPS) is 16.2. The van der Waals surface area contributed by atoms with Crippen LogP contribution in [-0.2, 0) is 0 Å². The average Bonchev–Trinajstić information content (AvgIpc) is 2.21. The predicted molar refractivity (Wildman–Crippen MR) is 78.3 cm³/mol. The van der Waals surface area contributed by atoms with Gasteiger partial charge in [-0.3, -0.25) is 4.90 Å². The minimum atomic E-state index is 0.168. The van der Waals surface area contributed by atoms with Crippen molar-refractivity contribution in [1.82, 2.24) is 4.90 Å². The molecule has 0 aromatic carbocycles. The molecule has 0 radical (unpaired) electrons. The van der Waals surface area contributed by atoms with E-state index in [1.165, 1.54) is 32.1 Å². The molecule has 2 N–H and O–H groups in total. The van der Waals surface area contributed by atoms with Gasteiger partial charge in [0.25, 0.3) is 0 Å². The molecule has 0 rings (SSSR count). The Morgan fingerprint density at radius 1 is 1.00 bits per heavy atom. The summed E-state index contributed by atoms with van der Waals surface area (Å²) in [7, 11) is 2.22. The van der Waals surface area contributed by atoms with Crippen molar-refractivity contribution < 1.29 is 0 Å². The zero-order valence-corrected chi connectivity index (χ0v) is 13.0. The van der Waals surface area contributed by atoms with E-state index in [2.05, 4.69) is 46.6 Å². The molecule has 0 aliphatic rings. The molecule has 1 unspecified atom stereocenters. The molecule has 0 heterocycles. The minimum Gasteiger partial charge on any atom is -0.329 e. The monoisotopic (exact) mass is 242 g/mol. The van der Waals surface area contributed by atoms with E-state index in [0.717, 1.165) is 13.1 Å². The Bertz CT molecular complexity index is 196. The number of unbranched alkanes of at least 4 members (excludes halogenated alkanes) is 3. The largest absolute Gasteiger partial charge is 0.329 e. The lowest BCUT2D eigenvalue weighted by Crippen LogP contribution is -2.52. The average molecular weight is 242 g/mol. The summed E-state index contributed by atoms with van der Waals surface area (Å²) in [6.45, 7) is 13.3. The molecule has 2 heteroatoms. The highest BCUT2D eigenvalue weighted by Crippen LogP contribution is 2.25. The summed E-state index contributed by atoms with van der Waals surface area (Å²) >= 11 is 0. The first-order valence-corrected chi connectivity index (χ1v) is 7.16. The minimum absolute atomic E-state index is 0.168. The van der Waals surface area contributed by atoms with Crippen molar-refractivity contribution in [1.29, 1.82) is 0 Å². The van der Waals surface area contributed by atoms with E-state index >= 15 is 0 Å². The van der Waals surface area contributed by atoms with Gasteiger partial charge in [-0.15, -0.1) is 0 Å². The SMILES string of the molecule is CCCCCCC(C)(CN)N(C)CC(C)(C)C. The summed E-state index contributed by atoms with van der Waals surface area (Å²) in [5.41, 5.74) is 6.51. The van der Waals surface area contributed by atoms with Crippen LogP contribution in [0.4, 0.5) is 0 Å². The molecule has 0 saturated carbocycles. The molecule has 17 heavy (non-hydrogen) atoms. The van der Waals surface area contributed by atoms with Crippen LogP contribution in [0.1, 0.15) is 66.7 Å². The van der Waals surface area contributed by atoms with E-state index in [1.54, 1.807) is 0 Å². The van der Waals surface area contributed by atoms with Gasteiger partial charge in [0.15, 0.2) is 0 Å². The molecule has 0 aliphatic carbocycles. The zero-order chi connectivity index (χ0) is 13.5. The highest BCUT2D eigenvalue weighted by atomic mass is 15.2. The summed E-state index contributed by atoms with van der Waals surface area (Å²) < 4.78 is 0. The van der Waals surface area contributed by atoms with Crippen LogP contribution in [0.15, 0.2) is 0 Å². The van der Waals surface area contributed by atoms with Gasteiger partial charge in [0.2, 0.25) is 0 Å². The summed E-state index contributed by atoms with van der Waals surface area (Å²) in [5.74, 6) is 0. The van der Waals surface area contributed by atoms with Crippen LogP contribution in [0, 0.1) is 5.41 Å². The van der Waals surface area contributed by atoms with Crippen molar-refractivity contribution in [2.45, 2.75) is 72.3 Å². The Kier molecular flexibility index (Phi) is 7.34. The number of hydrogen-bond donors (Lipinski definition) is 1. The van der Waals surface area contributed by atoms with Crippen molar-refractivity contribution in [3.63, 3.8) is 0 Å². The van der Waals surface area contributed by atoms with Crippen LogP contribution in [0.25, 0.3) is 0 Å². The van der Waals surface area contributed by atoms with E-state index in [4.69, 9.17) is 5.73 Å². The molecule has 0 aliphatic heterocycles. The van der Waals surface area contributed by atoms with Gasteiger partial charge in [-0.25, -0.2) is 0 Å². The Labute approximate surface area is 109 Å². The van der Waals surface area contributed by atoms with Gasteiger partial charge in [0.05, 0.1) is 0 Å². The van der Waals surface area contributed by atoms with Gasteiger partial charge in [0, 0.05) is 18.6 Å². The molecule has 0 aromatic heterocycles. The van der Waals surface area contributed by atoms with Crippen molar-refractivity contribution in [3.05, 3.63) is 0 Å². The summed E-state index contributed by atoms with van der Waals surface area (Å²) in [4.78, 5) is 2.46. The smallest absolute Gasteiger partial charge is 0.0300 e. The van der Waals surface area contributed by atoms with Gasteiger partial charge in [-0.2, -0.15) is 0 Å². The van der Waals surface area contributed by atoms with Crippen LogP contribution >= 0.6 is 0 Å². The molecule has 0 fully saturated rings. The lowest BCUT2D eigenvalue weighted by Gasteiger charge is -2.41. The van der Waals surface area contributed by atoms with Crippen LogP contribution in [0.3, 0.4) is 0 Å². The molecule has 1 atom stereocenters. The third-order valence-corrected chi connectivity index (χ3v) is 3.64. The lowest BCUT2D eigenvalue weighted by molar-refractivity contribution is 0.0905. The molecule has 0 aromatic rings. The summed E-state index contributed by atoms with van der Waals surface area (Å²) in [5, 5.41) is 0. The molecule has 0 amide bonds. The molecular formula is C15H34N2. The van der Waals surface area contributed by atoms with Crippen molar-refractivity contribution in [3.8, 4) is 0 Å². The predicted octanol–water partition coefficient (Wildman–Crippen LogP) is 3.65. The van der Waals surface area contributed by atoms with Crippen molar-refractivity contribution >= 4 is 0 Å². The third-order valence-electron chi connectivity index (χ3n) is 3.64. The number of rotatable bonds is 8. The fourth-order valence-corrected chi connectivity index (χ4v) is 2.28. The quantitative estimate of drug-likeness (QED) is 0.658. The topological polar surface area (TPSA) is 29.3 Å². The van der Waals surface area contributed by atoms with E-state index < -0.39 is 0 Å². The summed E-state index contributed by atoms with van der Waals surface area (Å²) in [6.07, 6.45) is 6.52. The molecule has 104 valence electrons. The molecule has 0 spiro atoms. The van der Waals surface area contributed by atoms with Crippen LogP contribution in [-0.4, -0.2) is 30.6 Å². The summed E-state index contributed by atoms with van der Waals surface area (Å²) in [6, 6.07) is 0.